The number of nitrogens with one attached hydrogen (secondary N) is 1. The molecule has 0 radical (unpaired) electrons. The number of hydrogen-bond donors (Lipinski definition) is 2. The standard InChI is InChI=1S/C13H10Cl2N2O2S/c1-2-10-6-20-12(16-10)11(17-13(18)19)7-3-8(14)5-9(15)4-7/h1,3-5,10-11,17H,6H2,(H,18,19). The molecular formula is C13H10Cl2N2O2S. The topological polar surface area (TPSA) is 61.7 Å². The smallest absolute Gasteiger partial charge is 0.405 e. The van der Waals surface area contributed by atoms with Gasteiger partial charge in [0.15, 0.2) is 0 Å². The number of benzene rings is 1. The Kier molecular flexibility index (Phi) is 4.81. The maximum Gasteiger partial charge on any atom is 0.405 e. The van der Waals surface area contributed by atoms with Crippen molar-refractivity contribution in [2.24, 2.45) is 4.99 Å². The van der Waals surface area contributed by atoms with E-state index < -0.39 is 12.1 Å². The fourth-order valence-electron chi connectivity index (χ4n) is 1.79. The van der Waals surface area contributed by atoms with E-state index in [1.165, 1.54) is 11.8 Å². The van der Waals surface area contributed by atoms with Crippen molar-refractivity contribution in [3.63, 3.8) is 0 Å². The number of rotatable bonds is 3. The SMILES string of the molecule is C#CC1CSC(C(NC(=O)O)c2cc(Cl)cc(Cl)c2)=N1. The highest BCUT2D eigenvalue weighted by molar-refractivity contribution is 8.14. The van der Waals surface area contributed by atoms with Crippen LogP contribution in [0.15, 0.2) is 23.2 Å². The van der Waals surface area contributed by atoms with Crippen molar-refractivity contribution in [1.82, 2.24) is 5.32 Å². The van der Waals surface area contributed by atoms with Gasteiger partial charge in [0, 0.05) is 15.8 Å². The van der Waals surface area contributed by atoms with E-state index in [0.717, 1.165) is 0 Å². The first kappa shape index (κ1) is 15.0. The molecule has 20 heavy (non-hydrogen) atoms. The molecule has 1 aliphatic heterocycles. The van der Waals surface area contributed by atoms with E-state index in [0.29, 0.717) is 26.4 Å². The van der Waals surface area contributed by atoms with E-state index in [1.807, 2.05) is 0 Å². The summed E-state index contributed by atoms with van der Waals surface area (Å²) in [6.45, 7) is 0. The lowest BCUT2D eigenvalue weighted by Crippen LogP contribution is -2.31. The van der Waals surface area contributed by atoms with Gasteiger partial charge in [-0.3, -0.25) is 4.99 Å². The van der Waals surface area contributed by atoms with E-state index in [9.17, 15) is 4.79 Å². The molecule has 2 N–H and O–H groups in total. The Morgan fingerprint density at radius 2 is 2.15 bits per heavy atom. The summed E-state index contributed by atoms with van der Waals surface area (Å²) in [6.07, 6.45) is 4.18. The Balaban J connectivity index is 2.38. The van der Waals surface area contributed by atoms with E-state index in [-0.39, 0.29) is 6.04 Å². The van der Waals surface area contributed by atoms with Gasteiger partial charge >= 0.3 is 6.09 Å². The molecule has 1 heterocycles. The zero-order valence-electron chi connectivity index (χ0n) is 10.1. The normalized spacial score (nSPS) is 19.1. The molecule has 7 heteroatoms. The number of hydrogen-bond acceptors (Lipinski definition) is 3. The molecular weight excluding hydrogens is 319 g/mol. The second-order valence-electron chi connectivity index (χ2n) is 4.05. The van der Waals surface area contributed by atoms with Crippen LogP contribution in [-0.2, 0) is 0 Å². The highest BCUT2D eigenvalue weighted by atomic mass is 35.5. The summed E-state index contributed by atoms with van der Waals surface area (Å²) in [4.78, 5) is 15.3. The zero-order chi connectivity index (χ0) is 14.7. The number of terminal acetylenes is 1. The van der Waals surface area contributed by atoms with Crippen molar-refractivity contribution in [1.29, 1.82) is 0 Å². The lowest BCUT2D eigenvalue weighted by Gasteiger charge is -2.17. The fourth-order valence-corrected chi connectivity index (χ4v) is 3.39. The summed E-state index contributed by atoms with van der Waals surface area (Å²) in [6, 6.07) is 4.04. The van der Waals surface area contributed by atoms with Crippen molar-refractivity contribution in [3.05, 3.63) is 33.8 Å². The number of nitrogens with zero attached hydrogens (tertiary/aromatic N) is 1. The van der Waals surface area contributed by atoms with Crippen molar-refractivity contribution >= 4 is 46.1 Å². The molecule has 0 aliphatic carbocycles. The molecule has 4 nitrogen and oxygen atoms in total. The van der Waals surface area contributed by atoms with Gasteiger partial charge in [-0.2, -0.15) is 0 Å². The van der Waals surface area contributed by atoms with Crippen LogP contribution >= 0.6 is 35.0 Å². The van der Waals surface area contributed by atoms with Crippen LogP contribution in [0.3, 0.4) is 0 Å². The number of aliphatic imine (C=N–C) groups is 1. The summed E-state index contributed by atoms with van der Waals surface area (Å²) < 4.78 is 0. The largest absolute Gasteiger partial charge is 0.465 e. The van der Waals surface area contributed by atoms with Gasteiger partial charge in [-0.05, 0) is 23.8 Å². The van der Waals surface area contributed by atoms with Crippen molar-refractivity contribution in [2.75, 3.05) is 5.75 Å². The van der Waals surface area contributed by atoms with Gasteiger partial charge in [-0.1, -0.05) is 29.1 Å². The molecule has 0 saturated carbocycles. The minimum absolute atomic E-state index is 0.234. The molecule has 0 aromatic heterocycles. The first-order valence-electron chi connectivity index (χ1n) is 5.61. The number of carbonyl (C=O) groups is 1. The second-order valence-corrected chi connectivity index (χ2v) is 5.96. The summed E-state index contributed by atoms with van der Waals surface area (Å²) in [5, 5.41) is 12.9. The third kappa shape index (κ3) is 3.60. The van der Waals surface area contributed by atoms with Gasteiger partial charge in [0.25, 0.3) is 0 Å². The number of carboxylic acid groups (broad SMARTS) is 1. The van der Waals surface area contributed by atoms with Crippen LogP contribution in [0.2, 0.25) is 10.0 Å². The first-order valence-corrected chi connectivity index (χ1v) is 7.36. The van der Waals surface area contributed by atoms with E-state index in [2.05, 4.69) is 16.2 Å². The molecule has 0 saturated heterocycles. The quantitative estimate of drug-likeness (QED) is 0.835. The average molecular weight is 329 g/mol. The minimum atomic E-state index is -1.15. The third-order valence-corrected chi connectivity index (χ3v) is 4.15. The monoisotopic (exact) mass is 328 g/mol. The predicted octanol–water partition coefficient (Wildman–Crippen LogP) is 3.45. The molecule has 2 rings (SSSR count). The summed E-state index contributed by atoms with van der Waals surface area (Å²) in [7, 11) is 0. The Labute approximate surface area is 130 Å². The maximum atomic E-state index is 11.0. The Hall–Kier alpha value is -1.35. The summed E-state index contributed by atoms with van der Waals surface area (Å²) in [5.74, 6) is 3.18. The Morgan fingerprint density at radius 3 is 2.65 bits per heavy atom. The molecule has 1 aromatic rings. The van der Waals surface area contributed by atoms with Crippen LogP contribution in [0.25, 0.3) is 0 Å². The van der Waals surface area contributed by atoms with E-state index in [4.69, 9.17) is 34.7 Å². The van der Waals surface area contributed by atoms with Crippen LogP contribution in [0.4, 0.5) is 4.79 Å². The van der Waals surface area contributed by atoms with Crippen LogP contribution in [-0.4, -0.2) is 28.0 Å². The molecule has 104 valence electrons. The van der Waals surface area contributed by atoms with Crippen LogP contribution < -0.4 is 5.32 Å². The van der Waals surface area contributed by atoms with Crippen molar-refractivity contribution < 1.29 is 9.90 Å². The third-order valence-electron chi connectivity index (χ3n) is 2.60. The average Bonchev–Trinajstić information content (AvgIpc) is 2.83. The first-order chi connectivity index (χ1) is 9.49. The number of amides is 1. The molecule has 1 amide bonds. The molecule has 2 unspecified atom stereocenters. The summed E-state index contributed by atoms with van der Waals surface area (Å²) in [5.41, 5.74) is 0.633. The van der Waals surface area contributed by atoms with Crippen LogP contribution in [0.1, 0.15) is 11.6 Å². The molecule has 0 bridgehead atoms. The van der Waals surface area contributed by atoms with Crippen LogP contribution in [0, 0.1) is 12.3 Å². The zero-order valence-corrected chi connectivity index (χ0v) is 12.5. The summed E-state index contributed by atoms with van der Waals surface area (Å²) >= 11 is 13.3. The number of thioether (sulfide) groups is 1. The number of halogens is 2. The van der Waals surface area contributed by atoms with Crippen LogP contribution in [0.5, 0.6) is 0 Å². The molecule has 1 aromatic carbocycles. The second kappa shape index (κ2) is 6.40. The van der Waals surface area contributed by atoms with E-state index >= 15 is 0 Å². The van der Waals surface area contributed by atoms with Gasteiger partial charge in [0.05, 0.1) is 5.04 Å². The van der Waals surface area contributed by atoms with Crippen molar-refractivity contribution in [3.8, 4) is 12.3 Å². The Morgan fingerprint density at radius 1 is 1.50 bits per heavy atom. The minimum Gasteiger partial charge on any atom is -0.465 e. The van der Waals surface area contributed by atoms with Gasteiger partial charge in [0.2, 0.25) is 0 Å². The molecule has 2 atom stereocenters. The predicted molar refractivity (Wildman–Crippen MR) is 82.9 cm³/mol. The highest BCUT2D eigenvalue weighted by Crippen LogP contribution is 2.31. The molecule has 0 fully saturated rings. The fraction of sp³-hybridized carbons (Fsp3) is 0.231. The molecule has 0 spiro atoms. The molecule has 1 aliphatic rings. The van der Waals surface area contributed by atoms with Gasteiger partial charge < -0.3 is 10.4 Å². The van der Waals surface area contributed by atoms with Gasteiger partial charge in [-0.25, -0.2) is 4.79 Å². The van der Waals surface area contributed by atoms with Crippen molar-refractivity contribution in [2.45, 2.75) is 12.1 Å². The lowest BCUT2D eigenvalue weighted by molar-refractivity contribution is 0.193. The van der Waals surface area contributed by atoms with Gasteiger partial charge in [0.1, 0.15) is 12.1 Å². The van der Waals surface area contributed by atoms with E-state index in [1.54, 1.807) is 18.2 Å². The lowest BCUT2D eigenvalue weighted by atomic mass is 10.1. The highest BCUT2D eigenvalue weighted by Gasteiger charge is 2.27. The Bertz CT molecular complexity index is 593. The van der Waals surface area contributed by atoms with Gasteiger partial charge in [-0.15, -0.1) is 18.2 Å². The maximum absolute atomic E-state index is 11.0.